The minimum Gasteiger partial charge on any atom is -0.322 e. The topological polar surface area (TPSA) is 75.3 Å². The number of carbonyl (C=O) groups is 1. The number of sulfonamides is 1. The van der Waals surface area contributed by atoms with E-state index in [4.69, 9.17) is 11.6 Å². The van der Waals surface area contributed by atoms with E-state index in [1.54, 1.807) is 0 Å². The Balaban J connectivity index is 2.29. The molecule has 0 aliphatic carbocycles. The minimum absolute atomic E-state index is 0.193. The van der Waals surface area contributed by atoms with Crippen LogP contribution in [0.15, 0.2) is 36.4 Å². The van der Waals surface area contributed by atoms with Gasteiger partial charge in [0.25, 0.3) is 5.91 Å². The number of anilines is 2. The Labute approximate surface area is 153 Å². The molecule has 0 atom stereocenters. The average molecular weight is 465 g/mol. The summed E-state index contributed by atoms with van der Waals surface area (Å²) in [5.41, 5.74) is 2.07. The Morgan fingerprint density at radius 1 is 1.17 bits per heavy atom. The normalized spacial score (nSPS) is 11.1. The maximum atomic E-state index is 12.4. The third kappa shape index (κ3) is 5.08. The van der Waals surface area contributed by atoms with Crippen LogP contribution in [0.5, 0.6) is 0 Å². The summed E-state index contributed by atoms with van der Waals surface area (Å²) < 4.78 is 26.0. The molecule has 0 heterocycles. The first-order valence-corrected chi connectivity index (χ1v) is 9.85. The van der Waals surface area contributed by atoms with Gasteiger partial charge in [0.15, 0.2) is 0 Å². The third-order valence-electron chi connectivity index (χ3n) is 2.95. The molecule has 0 radical (unpaired) electrons. The molecule has 0 bridgehead atoms. The van der Waals surface area contributed by atoms with E-state index in [1.165, 1.54) is 18.2 Å². The molecule has 0 aliphatic heterocycles. The van der Waals surface area contributed by atoms with E-state index in [2.05, 4.69) is 32.6 Å². The average Bonchev–Trinajstić information content (AvgIpc) is 2.42. The molecule has 2 aromatic rings. The number of aryl methyl sites for hydroxylation is 1. The second kappa shape index (κ2) is 7.06. The van der Waals surface area contributed by atoms with Crippen LogP contribution in [-0.2, 0) is 10.0 Å². The van der Waals surface area contributed by atoms with Crippen molar-refractivity contribution in [3.63, 3.8) is 0 Å². The zero-order valence-corrected chi connectivity index (χ0v) is 16.1. The first-order valence-electron chi connectivity index (χ1n) is 6.50. The lowest BCUT2D eigenvalue weighted by Gasteiger charge is -2.11. The highest BCUT2D eigenvalue weighted by Gasteiger charge is 2.14. The summed E-state index contributed by atoms with van der Waals surface area (Å²) in [5.74, 6) is -0.406. The second-order valence-corrected chi connectivity index (χ2v) is 8.38. The van der Waals surface area contributed by atoms with Crippen LogP contribution >= 0.6 is 34.2 Å². The van der Waals surface area contributed by atoms with Gasteiger partial charge >= 0.3 is 0 Å². The highest BCUT2D eigenvalue weighted by molar-refractivity contribution is 14.1. The van der Waals surface area contributed by atoms with Crippen LogP contribution in [0.2, 0.25) is 5.02 Å². The van der Waals surface area contributed by atoms with Crippen LogP contribution in [0.4, 0.5) is 11.4 Å². The van der Waals surface area contributed by atoms with Gasteiger partial charge in [0.05, 0.1) is 16.8 Å². The van der Waals surface area contributed by atoms with Gasteiger partial charge in [-0.05, 0) is 71.5 Å². The zero-order valence-electron chi connectivity index (χ0n) is 12.4. The van der Waals surface area contributed by atoms with Crippen LogP contribution in [0.1, 0.15) is 15.9 Å². The molecule has 0 saturated heterocycles. The van der Waals surface area contributed by atoms with Crippen LogP contribution < -0.4 is 10.0 Å². The molecule has 0 spiro atoms. The molecule has 1 amide bonds. The summed E-state index contributed by atoms with van der Waals surface area (Å²) in [7, 11) is -3.43. The fraction of sp³-hybridized carbons (Fsp3) is 0.133. The molecule has 2 N–H and O–H groups in total. The molecule has 5 nitrogen and oxygen atoms in total. The van der Waals surface area contributed by atoms with Crippen molar-refractivity contribution in [2.24, 2.45) is 0 Å². The molecule has 0 saturated carbocycles. The molecular formula is C15H14ClIN2O3S. The van der Waals surface area contributed by atoms with Gasteiger partial charge in [-0.2, -0.15) is 0 Å². The van der Waals surface area contributed by atoms with Crippen molar-refractivity contribution in [1.29, 1.82) is 0 Å². The van der Waals surface area contributed by atoms with Crippen LogP contribution in [0.25, 0.3) is 0 Å². The SMILES string of the molecule is Cc1cc(I)ccc1NC(=O)c1cc(NS(C)(=O)=O)ccc1Cl. The van der Waals surface area contributed by atoms with Crippen molar-refractivity contribution in [1.82, 2.24) is 0 Å². The molecule has 0 aromatic heterocycles. The predicted molar refractivity (Wildman–Crippen MR) is 102 cm³/mol. The number of carbonyl (C=O) groups excluding carboxylic acids is 1. The van der Waals surface area contributed by atoms with E-state index in [0.29, 0.717) is 5.69 Å². The predicted octanol–water partition coefficient (Wildman–Crippen LogP) is 3.88. The van der Waals surface area contributed by atoms with E-state index >= 15 is 0 Å². The van der Waals surface area contributed by atoms with E-state index in [1.807, 2.05) is 25.1 Å². The number of halogens is 2. The lowest BCUT2D eigenvalue weighted by molar-refractivity contribution is 0.102. The largest absolute Gasteiger partial charge is 0.322 e. The Hall–Kier alpha value is -1.32. The smallest absolute Gasteiger partial charge is 0.257 e. The summed E-state index contributed by atoms with van der Waals surface area (Å²) in [4.78, 5) is 12.4. The number of nitrogens with one attached hydrogen (secondary N) is 2. The maximum absolute atomic E-state index is 12.4. The van der Waals surface area contributed by atoms with Crippen molar-refractivity contribution in [2.75, 3.05) is 16.3 Å². The van der Waals surface area contributed by atoms with Crippen LogP contribution in [-0.4, -0.2) is 20.6 Å². The van der Waals surface area contributed by atoms with Crippen LogP contribution in [0.3, 0.4) is 0 Å². The van der Waals surface area contributed by atoms with Crippen molar-refractivity contribution in [3.05, 3.63) is 56.1 Å². The molecule has 2 rings (SSSR count). The number of benzene rings is 2. The molecule has 8 heteroatoms. The van der Waals surface area contributed by atoms with Gasteiger partial charge in [-0.15, -0.1) is 0 Å². The Morgan fingerprint density at radius 2 is 1.87 bits per heavy atom. The van der Waals surface area contributed by atoms with Crippen molar-refractivity contribution >= 4 is 61.5 Å². The number of rotatable bonds is 4. The van der Waals surface area contributed by atoms with E-state index in [9.17, 15) is 13.2 Å². The Bertz CT molecular complexity index is 869. The summed E-state index contributed by atoms with van der Waals surface area (Å²) in [6, 6.07) is 10.0. The van der Waals surface area contributed by atoms with E-state index in [-0.39, 0.29) is 16.3 Å². The zero-order chi connectivity index (χ0) is 17.2. The minimum atomic E-state index is -3.43. The lowest BCUT2D eigenvalue weighted by atomic mass is 10.1. The van der Waals surface area contributed by atoms with Gasteiger partial charge in [-0.25, -0.2) is 8.42 Å². The van der Waals surface area contributed by atoms with Crippen molar-refractivity contribution < 1.29 is 13.2 Å². The van der Waals surface area contributed by atoms with E-state index in [0.717, 1.165) is 15.4 Å². The van der Waals surface area contributed by atoms with Gasteiger partial charge in [0.1, 0.15) is 0 Å². The standard InChI is InChI=1S/C15H14ClIN2O3S/c1-9-7-10(17)3-6-14(9)18-15(20)12-8-11(4-5-13(12)16)19-23(2,21)22/h3-8,19H,1-2H3,(H,18,20). The van der Waals surface area contributed by atoms with Gasteiger partial charge in [-0.3, -0.25) is 9.52 Å². The Morgan fingerprint density at radius 3 is 2.48 bits per heavy atom. The van der Waals surface area contributed by atoms with E-state index < -0.39 is 15.9 Å². The number of hydrogen-bond acceptors (Lipinski definition) is 3. The molecule has 0 unspecified atom stereocenters. The molecular weight excluding hydrogens is 451 g/mol. The van der Waals surface area contributed by atoms with Crippen molar-refractivity contribution in [2.45, 2.75) is 6.92 Å². The van der Waals surface area contributed by atoms with Crippen molar-refractivity contribution in [3.8, 4) is 0 Å². The molecule has 2 aromatic carbocycles. The first kappa shape index (κ1) is 18.0. The summed E-state index contributed by atoms with van der Waals surface area (Å²) in [5, 5.41) is 3.02. The molecule has 122 valence electrons. The summed E-state index contributed by atoms with van der Waals surface area (Å²) in [6.45, 7) is 1.89. The van der Waals surface area contributed by atoms with Gasteiger partial charge < -0.3 is 5.32 Å². The number of amides is 1. The molecule has 0 fully saturated rings. The van der Waals surface area contributed by atoms with Gasteiger partial charge in [0.2, 0.25) is 10.0 Å². The monoisotopic (exact) mass is 464 g/mol. The molecule has 0 aliphatic rings. The lowest BCUT2D eigenvalue weighted by Crippen LogP contribution is -2.15. The fourth-order valence-electron chi connectivity index (χ4n) is 1.93. The van der Waals surface area contributed by atoms with Crippen LogP contribution in [0, 0.1) is 10.5 Å². The second-order valence-electron chi connectivity index (χ2n) is 4.98. The fourth-order valence-corrected chi connectivity index (χ4v) is 3.34. The maximum Gasteiger partial charge on any atom is 0.257 e. The van der Waals surface area contributed by atoms with Gasteiger partial charge in [0, 0.05) is 14.9 Å². The first-order chi connectivity index (χ1) is 10.7. The summed E-state index contributed by atoms with van der Waals surface area (Å²) >= 11 is 8.24. The van der Waals surface area contributed by atoms with Gasteiger partial charge in [-0.1, -0.05) is 11.6 Å². The quantitative estimate of drug-likeness (QED) is 0.675. The highest BCUT2D eigenvalue weighted by Crippen LogP contribution is 2.24. The number of hydrogen-bond donors (Lipinski definition) is 2. The summed E-state index contributed by atoms with van der Waals surface area (Å²) in [6.07, 6.45) is 1.04. The Kier molecular flexibility index (Phi) is 5.53. The third-order valence-corrected chi connectivity index (χ3v) is 4.56. The molecule has 23 heavy (non-hydrogen) atoms. The highest BCUT2D eigenvalue weighted by atomic mass is 127.